The molecule has 0 unspecified atom stereocenters. The summed E-state index contributed by atoms with van der Waals surface area (Å²) < 4.78 is 0. The number of aliphatic hydroxyl groups is 1. The van der Waals surface area contributed by atoms with Crippen molar-refractivity contribution in [3.63, 3.8) is 0 Å². The molecule has 0 spiro atoms. The number of aliphatic hydroxyl groups excluding tert-OH is 1. The minimum Gasteiger partial charge on any atom is -0.506 e. The van der Waals surface area contributed by atoms with Crippen molar-refractivity contribution in [3.8, 4) is 0 Å². The zero-order valence-electron chi connectivity index (χ0n) is 9.72. The van der Waals surface area contributed by atoms with E-state index < -0.39 is 0 Å². The predicted octanol–water partition coefficient (Wildman–Crippen LogP) is 3.69. The summed E-state index contributed by atoms with van der Waals surface area (Å²) in [5.41, 5.74) is 2.48. The van der Waals surface area contributed by atoms with Gasteiger partial charge in [-0.15, -0.1) is 11.3 Å². The fraction of sp³-hybridized carbons (Fsp3) is 0.133. The number of allylic oxidation sites excluding steroid dienone is 1. The van der Waals surface area contributed by atoms with Gasteiger partial charge in [-0.3, -0.25) is 4.79 Å². The SMILES string of the molecule is O=C1CCc2ccccc2/C1=C(\O)c1cccs1. The lowest BCUT2D eigenvalue weighted by Gasteiger charge is -2.18. The van der Waals surface area contributed by atoms with Gasteiger partial charge in [0.25, 0.3) is 0 Å². The molecule has 1 aromatic heterocycles. The van der Waals surface area contributed by atoms with E-state index in [0.29, 0.717) is 12.0 Å². The summed E-state index contributed by atoms with van der Waals surface area (Å²) in [7, 11) is 0. The molecule has 1 aliphatic carbocycles. The summed E-state index contributed by atoms with van der Waals surface area (Å²) in [5, 5.41) is 12.2. The summed E-state index contributed by atoms with van der Waals surface area (Å²) in [6.45, 7) is 0. The van der Waals surface area contributed by atoms with Gasteiger partial charge in [-0.25, -0.2) is 0 Å². The number of thiophene rings is 1. The first-order valence-corrected chi connectivity index (χ1v) is 6.74. The van der Waals surface area contributed by atoms with Crippen LogP contribution in [0.1, 0.15) is 22.4 Å². The number of benzene rings is 1. The largest absolute Gasteiger partial charge is 0.506 e. The van der Waals surface area contributed by atoms with Crippen LogP contribution in [-0.4, -0.2) is 10.9 Å². The average Bonchev–Trinajstić information content (AvgIpc) is 2.92. The fourth-order valence-electron chi connectivity index (χ4n) is 2.30. The standard InChI is InChI=1S/C15H12O2S/c16-12-8-7-10-4-1-2-5-11(10)14(12)15(17)13-6-3-9-18-13/h1-6,9,17H,7-8H2/b15-14+. The van der Waals surface area contributed by atoms with Crippen molar-refractivity contribution in [1.82, 2.24) is 0 Å². The molecule has 0 saturated carbocycles. The molecule has 0 fully saturated rings. The molecule has 2 nitrogen and oxygen atoms in total. The third kappa shape index (κ3) is 1.77. The minimum absolute atomic E-state index is 0.0274. The number of ketones is 1. The highest BCUT2D eigenvalue weighted by atomic mass is 32.1. The highest BCUT2D eigenvalue weighted by Crippen LogP contribution is 2.34. The predicted molar refractivity (Wildman–Crippen MR) is 73.5 cm³/mol. The second kappa shape index (κ2) is 4.42. The molecule has 1 aromatic carbocycles. The van der Waals surface area contributed by atoms with Crippen molar-refractivity contribution in [2.24, 2.45) is 0 Å². The number of carbonyl (C=O) groups excluding carboxylic acids is 1. The normalized spacial score (nSPS) is 17.4. The number of rotatable bonds is 1. The van der Waals surface area contributed by atoms with Crippen molar-refractivity contribution in [3.05, 3.63) is 57.8 Å². The molecule has 3 heteroatoms. The Hall–Kier alpha value is -1.87. The quantitative estimate of drug-likeness (QED) is 0.624. The molecule has 0 bridgehead atoms. The van der Waals surface area contributed by atoms with Gasteiger partial charge in [0.1, 0.15) is 5.76 Å². The number of aryl methyl sites for hydroxylation is 1. The van der Waals surface area contributed by atoms with Crippen molar-refractivity contribution in [2.75, 3.05) is 0 Å². The van der Waals surface area contributed by atoms with Gasteiger partial charge >= 0.3 is 0 Å². The molecular weight excluding hydrogens is 244 g/mol. The Bertz CT molecular complexity index is 624. The smallest absolute Gasteiger partial charge is 0.167 e. The van der Waals surface area contributed by atoms with Gasteiger partial charge in [0.05, 0.1) is 10.5 Å². The molecule has 2 aromatic rings. The topological polar surface area (TPSA) is 37.3 Å². The van der Waals surface area contributed by atoms with Crippen LogP contribution >= 0.6 is 11.3 Å². The number of hydrogen-bond acceptors (Lipinski definition) is 3. The van der Waals surface area contributed by atoms with Crippen LogP contribution in [0, 0.1) is 0 Å². The van der Waals surface area contributed by atoms with E-state index in [1.807, 2.05) is 41.8 Å². The molecule has 90 valence electrons. The highest BCUT2D eigenvalue weighted by molar-refractivity contribution is 7.11. The van der Waals surface area contributed by atoms with Gasteiger partial charge in [0.15, 0.2) is 5.78 Å². The summed E-state index contributed by atoms with van der Waals surface area (Å²) in [5.74, 6) is 0.141. The molecule has 1 heterocycles. The van der Waals surface area contributed by atoms with E-state index >= 15 is 0 Å². The summed E-state index contributed by atoms with van der Waals surface area (Å²) in [4.78, 5) is 12.8. The Morgan fingerprint density at radius 1 is 1.11 bits per heavy atom. The van der Waals surface area contributed by atoms with Crippen LogP contribution in [0.2, 0.25) is 0 Å². The van der Waals surface area contributed by atoms with Crippen molar-refractivity contribution < 1.29 is 9.90 Å². The zero-order chi connectivity index (χ0) is 12.5. The first-order valence-electron chi connectivity index (χ1n) is 5.86. The van der Waals surface area contributed by atoms with Gasteiger partial charge in [-0.2, -0.15) is 0 Å². The van der Waals surface area contributed by atoms with Crippen LogP contribution in [-0.2, 0) is 11.2 Å². The number of hydrogen-bond donors (Lipinski definition) is 1. The summed E-state index contributed by atoms with van der Waals surface area (Å²) in [6.07, 6.45) is 1.23. The molecule has 0 radical (unpaired) electrons. The molecule has 0 aliphatic heterocycles. The van der Waals surface area contributed by atoms with Gasteiger partial charge in [0, 0.05) is 6.42 Å². The van der Waals surface area contributed by atoms with E-state index in [1.54, 1.807) is 0 Å². The van der Waals surface area contributed by atoms with Crippen LogP contribution in [0.25, 0.3) is 11.3 Å². The van der Waals surface area contributed by atoms with E-state index in [4.69, 9.17) is 0 Å². The summed E-state index contributed by atoms with van der Waals surface area (Å²) in [6, 6.07) is 11.5. The number of Topliss-reactive ketones (excluding diaryl/α,β-unsaturated/α-hetero) is 1. The average molecular weight is 256 g/mol. The highest BCUT2D eigenvalue weighted by Gasteiger charge is 2.25. The Kier molecular flexibility index (Phi) is 2.76. The maximum Gasteiger partial charge on any atom is 0.167 e. The first-order chi connectivity index (χ1) is 8.77. The van der Waals surface area contributed by atoms with Crippen LogP contribution in [0.3, 0.4) is 0 Å². The first kappa shape index (κ1) is 11.2. The Morgan fingerprint density at radius 3 is 2.72 bits per heavy atom. The Morgan fingerprint density at radius 2 is 1.94 bits per heavy atom. The lowest BCUT2D eigenvalue weighted by Crippen LogP contribution is -2.13. The van der Waals surface area contributed by atoms with E-state index in [-0.39, 0.29) is 11.5 Å². The van der Waals surface area contributed by atoms with Crippen LogP contribution in [0.5, 0.6) is 0 Å². The lowest BCUT2D eigenvalue weighted by molar-refractivity contribution is -0.113. The molecule has 3 rings (SSSR count). The van der Waals surface area contributed by atoms with Crippen LogP contribution in [0.15, 0.2) is 41.8 Å². The second-order valence-electron chi connectivity index (χ2n) is 4.28. The van der Waals surface area contributed by atoms with Crippen molar-refractivity contribution in [2.45, 2.75) is 12.8 Å². The molecule has 1 N–H and O–H groups in total. The van der Waals surface area contributed by atoms with E-state index in [9.17, 15) is 9.90 Å². The van der Waals surface area contributed by atoms with Crippen LogP contribution in [0.4, 0.5) is 0 Å². The Labute approximate surface area is 109 Å². The van der Waals surface area contributed by atoms with Gasteiger partial charge in [0.2, 0.25) is 0 Å². The number of fused-ring (bicyclic) bond motifs is 1. The van der Waals surface area contributed by atoms with E-state index in [2.05, 4.69) is 0 Å². The van der Waals surface area contributed by atoms with Gasteiger partial charge in [-0.1, -0.05) is 30.3 Å². The molecule has 0 saturated heterocycles. The fourth-order valence-corrected chi connectivity index (χ4v) is 2.98. The Balaban J connectivity index is 2.22. The van der Waals surface area contributed by atoms with Crippen LogP contribution < -0.4 is 0 Å². The monoisotopic (exact) mass is 256 g/mol. The van der Waals surface area contributed by atoms with Crippen molar-refractivity contribution >= 4 is 28.5 Å². The zero-order valence-corrected chi connectivity index (χ0v) is 10.5. The maximum atomic E-state index is 12.1. The van der Waals surface area contributed by atoms with Gasteiger partial charge < -0.3 is 5.11 Å². The molecular formula is C15H12O2S. The molecule has 0 amide bonds. The second-order valence-corrected chi connectivity index (χ2v) is 5.23. The molecule has 1 aliphatic rings. The minimum atomic E-state index is 0.0274. The van der Waals surface area contributed by atoms with E-state index in [1.165, 1.54) is 11.3 Å². The summed E-state index contributed by atoms with van der Waals surface area (Å²) >= 11 is 1.44. The van der Waals surface area contributed by atoms with Gasteiger partial charge in [-0.05, 0) is 29.0 Å². The van der Waals surface area contributed by atoms with Crippen molar-refractivity contribution in [1.29, 1.82) is 0 Å². The number of carbonyl (C=O) groups is 1. The lowest BCUT2D eigenvalue weighted by atomic mass is 9.85. The van der Waals surface area contributed by atoms with E-state index in [0.717, 1.165) is 22.4 Å². The molecule has 18 heavy (non-hydrogen) atoms. The molecule has 0 atom stereocenters. The maximum absolute atomic E-state index is 12.1. The third-order valence-electron chi connectivity index (χ3n) is 3.18. The third-order valence-corrected chi connectivity index (χ3v) is 4.05.